The van der Waals surface area contributed by atoms with Crippen molar-refractivity contribution < 1.29 is 20.4 Å². The number of halogens is 1. The number of hydrogen-bond acceptors (Lipinski definition) is 5. The highest BCUT2D eigenvalue weighted by Crippen LogP contribution is 2.13. The van der Waals surface area contributed by atoms with Gasteiger partial charge in [-0.2, -0.15) is 0 Å². The Morgan fingerprint density at radius 2 is 1.73 bits per heavy atom. The molecule has 0 bridgehead atoms. The summed E-state index contributed by atoms with van der Waals surface area (Å²) in [6.45, 7) is 0.649. The minimum Gasteiger partial charge on any atom is -0.396 e. The fourth-order valence-corrected chi connectivity index (χ4v) is 1.41. The maximum absolute atomic E-state index is 9.52. The molecule has 4 atom stereocenters. The lowest BCUT2D eigenvalue weighted by atomic mass is 9.94. The zero-order valence-electron chi connectivity index (χ0n) is 8.28. The van der Waals surface area contributed by atoms with Gasteiger partial charge in [0.25, 0.3) is 0 Å². The van der Waals surface area contributed by atoms with Gasteiger partial charge in [0.1, 0.15) is 18.3 Å². The molecule has 0 heterocycles. The van der Waals surface area contributed by atoms with Gasteiger partial charge in [-0.3, -0.25) is 0 Å². The molecule has 0 aromatic heterocycles. The Labute approximate surface area is 94.8 Å². The summed E-state index contributed by atoms with van der Waals surface area (Å²) in [6, 6.07) is -0.361. The predicted molar refractivity (Wildman–Crippen MR) is 57.9 cm³/mol. The molecule has 1 aliphatic carbocycles. The second-order valence-corrected chi connectivity index (χ2v) is 3.41. The zero-order valence-corrected chi connectivity index (χ0v) is 9.10. The Morgan fingerprint density at radius 1 is 1.07 bits per heavy atom. The van der Waals surface area contributed by atoms with E-state index in [4.69, 9.17) is 5.11 Å². The molecule has 5 nitrogen and oxygen atoms in total. The summed E-state index contributed by atoms with van der Waals surface area (Å²) in [5.41, 5.74) is 0. The molecule has 90 valence electrons. The van der Waals surface area contributed by atoms with Crippen molar-refractivity contribution in [3.8, 4) is 0 Å². The summed E-state index contributed by atoms with van der Waals surface area (Å²) in [4.78, 5) is 0. The first kappa shape index (κ1) is 14.8. The van der Waals surface area contributed by atoms with Crippen molar-refractivity contribution in [1.29, 1.82) is 0 Å². The molecule has 1 rings (SSSR count). The highest BCUT2D eigenvalue weighted by Gasteiger charge is 2.32. The second kappa shape index (κ2) is 7.16. The lowest BCUT2D eigenvalue weighted by molar-refractivity contribution is -0.0565. The van der Waals surface area contributed by atoms with E-state index in [-0.39, 0.29) is 25.1 Å². The Hall–Kier alpha value is -0.170. The number of aliphatic hydroxyl groups excluding tert-OH is 4. The van der Waals surface area contributed by atoms with Crippen LogP contribution in [0, 0.1) is 0 Å². The van der Waals surface area contributed by atoms with Gasteiger partial charge in [0.2, 0.25) is 0 Å². The molecule has 0 spiro atoms. The third-order valence-electron chi connectivity index (χ3n) is 2.30. The van der Waals surface area contributed by atoms with Crippen molar-refractivity contribution >= 4 is 12.4 Å². The molecule has 15 heavy (non-hydrogen) atoms. The summed E-state index contributed by atoms with van der Waals surface area (Å²) >= 11 is 0. The smallest absolute Gasteiger partial charge is 0.111 e. The first-order valence-electron chi connectivity index (χ1n) is 4.73. The Balaban J connectivity index is 0.00000196. The Bertz CT molecular complexity index is 203. The van der Waals surface area contributed by atoms with Crippen LogP contribution in [-0.4, -0.2) is 57.9 Å². The van der Waals surface area contributed by atoms with Gasteiger partial charge in [-0.05, 0) is 13.0 Å². The quantitative estimate of drug-likeness (QED) is 0.301. The molecule has 0 fully saturated rings. The topological polar surface area (TPSA) is 93.0 Å². The van der Waals surface area contributed by atoms with Crippen molar-refractivity contribution in [2.75, 3.05) is 13.2 Å². The van der Waals surface area contributed by atoms with E-state index in [0.717, 1.165) is 0 Å². The Morgan fingerprint density at radius 3 is 2.33 bits per heavy atom. The first-order valence-corrected chi connectivity index (χ1v) is 4.73. The molecule has 0 aromatic carbocycles. The van der Waals surface area contributed by atoms with E-state index in [9.17, 15) is 15.3 Å². The van der Waals surface area contributed by atoms with E-state index in [0.29, 0.717) is 13.0 Å². The fraction of sp³-hybridized carbons (Fsp3) is 0.778. The fourth-order valence-electron chi connectivity index (χ4n) is 1.41. The monoisotopic (exact) mass is 239 g/mol. The van der Waals surface area contributed by atoms with E-state index in [1.54, 1.807) is 6.08 Å². The van der Waals surface area contributed by atoms with Gasteiger partial charge in [-0.15, -0.1) is 12.4 Å². The van der Waals surface area contributed by atoms with Gasteiger partial charge in [0.15, 0.2) is 0 Å². The number of hydrogen-bond donors (Lipinski definition) is 5. The van der Waals surface area contributed by atoms with Gasteiger partial charge in [-0.25, -0.2) is 0 Å². The lowest BCUT2D eigenvalue weighted by Crippen LogP contribution is -2.52. The molecule has 0 unspecified atom stereocenters. The molecule has 0 saturated heterocycles. The standard InChI is InChI=1S/C9H17NO4.ClH/c11-5-1-4-10-6-2-3-7(12)9(14)8(6)13;/h2-3,6-14H,1,4-5H2;1H/t6-,7+,8+,9+;/m1./s1. The maximum Gasteiger partial charge on any atom is 0.111 e. The van der Waals surface area contributed by atoms with Crippen LogP contribution in [0.15, 0.2) is 12.2 Å². The van der Waals surface area contributed by atoms with Gasteiger partial charge in [-0.1, -0.05) is 12.2 Å². The molecular weight excluding hydrogens is 222 g/mol. The Kier molecular flexibility index (Phi) is 7.08. The van der Waals surface area contributed by atoms with Crippen LogP contribution in [0.5, 0.6) is 0 Å². The molecule has 0 aromatic rings. The highest BCUT2D eigenvalue weighted by atomic mass is 35.5. The van der Waals surface area contributed by atoms with Crippen LogP contribution in [-0.2, 0) is 0 Å². The molecule has 1 aliphatic rings. The molecule has 6 heteroatoms. The summed E-state index contributed by atoms with van der Waals surface area (Å²) in [5.74, 6) is 0. The predicted octanol–water partition coefficient (Wildman–Crippen LogP) is -1.60. The van der Waals surface area contributed by atoms with Gasteiger partial charge in [0.05, 0.1) is 6.04 Å². The summed E-state index contributed by atoms with van der Waals surface area (Å²) < 4.78 is 0. The lowest BCUT2D eigenvalue weighted by Gasteiger charge is -2.31. The number of aliphatic hydroxyl groups is 4. The van der Waals surface area contributed by atoms with Crippen molar-refractivity contribution in [2.45, 2.75) is 30.8 Å². The van der Waals surface area contributed by atoms with Crippen LogP contribution in [0.4, 0.5) is 0 Å². The van der Waals surface area contributed by atoms with Crippen LogP contribution in [0.1, 0.15) is 6.42 Å². The summed E-state index contributed by atoms with van der Waals surface area (Å²) in [6.07, 6.45) is 0.518. The minimum atomic E-state index is -1.15. The van der Waals surface area contributed by atoms with Crippen LogP contribution in [0.25, 0.3) is 0 Å². The largest absolute Gasteiger partial charge is 0.396 e. The van der Waals surface area contributed by atoms with E-state index >= 15 is 0 Å². The molecule has 0 amide bonds. The summed E-state index contributed by atoms with van der Waals surface area (Å²) in [5, 5.41) is 39.5. The molecule has 5 N–H and O–H groups in total. The van der Waals surface area contributed by atoms with Crippen LogP contribution in [0.2, 0.25) is 0 Å². The molecule has 0 aliphatic heterocycles. The van der Waals surface area contributed by atoms with Gasteiger partial charge >= 0.3 is 0 Å². The van der Waals surface area contributed by atoms with Crippen molar-refractivity contribution in [2.24, 2.45) is 0 Å². The molecule has 0 radical (unpaired) electrons. The van der Waals surface area contributed by atoms with E-state index in [1.807, 2.05) is 0 Å². The van der Waals surface area contributed by atoms with Gasteiger partial charge < -0.3 is 25.7 Å². The molecule has 0 saturated carbocycles. The summed E-state index contributed by atoms with van der Waals surface area (Å²) in [7, 11) is 0. The first-order chi connectivity index (χ1) is 6.66. The normalized spacial score (nSPS) is 34.9. The zero-order chi connectivity index (χ0) is 10.6. The van der Waals surface area contributed by atoms with E-state index < -0.39 is 18.3 Å². The van der Waals surface area contributed by atoms with Crippen LogP contribution < -0.4 is 5.32 Å². The van der Waals surface area contributed by atoms with Crippen LogP contribution in [0.3, 0.4) is 0 Å². The third-order valence-corrected chi connectivity index (χ3v) is 2.30. The van der Waals surface area contributed by atoms with Gasteiger partial charge in [0, 0.05) is 6.61 Å². The average Bonchev–Trinajstić information content (AvgIpc) is 2.18. The average molecular weight is 240 g/mol. The number of rotatable bonds is 4. The second-order valence-electron chi connectivity index (χ2n) is 3.41. The maximum atomic E-state index is 9.52. The van der Waals surface area contributed by atoms with Crippen molar-refractivity contribution in [1.82, 2.24) is 5.32 Å². The highest BCUT2D eigenvalue weighted by molar-refractivity contribution is 5.85. The van der Waals surface area contributed by atoms with E-state index in [2.05, 4.69) is 5.32 Å². The molecular formula is C9H18ClNO4. The van der Waals surface area contributed by atoms with Crippen molar-refractivity contribution in [3.63, 3.8) is 0 Å². The van der Waals surface area contributed by atoms with Crippen LogP contribution >= 0.6 is 12.4 Å². The number of nitrogens with one attached hydrogen (secondary N) is 1. The van der Waals surface area contributed by atoms with Crippen molar-refractivity contribution in [3.05, 3.63) is 12.2 Å². The third kappa shape index (κ3) is 4.06. The SMILES string of the molecule is Cl.OCCCN[C@@H]1C=C[C@H](O)[C@H](O)[C@H]1O. The van der Waals surface area contributed by atoms with E-state index in [1.165, 1.54) is 6.08 Å². The minimum absolute atomic E-state index is 0.